The average molecular weight is 390 g/mol. The molecule has 0 saturated carbocycles. The molecule has 0 aliphatic carbocycles. The molecule has 2 atom stereocenters. The van der Waals surface area contributed by atoms with Gasteiger partial charge in [0.2, 0.25) is 0 Å². The van der Waals surface area contributed by atoms with Crippen LogP contribution >= 0.6 is 15.9 Å². The molecule has 0 fully saturated rings. The maximum Gasteiger partial charge on any atom is 0.142 e. The molecule has 0 aliphatic rings. The van der Waals surface area contributed by atoms with Crippen molar-refractivity contribution in [2.75, 3.05) is 0 Å². The van der Waals surface area contributed by atoms with Crippen LogP contribution in [0.4, 0.5) is 0 Å². The highest BCUT2D eigenvalue weighted by Crippen LogP contribution is 2.14. The number of nitrogens with one attached hydrogen (secondary N) is 1. The van der Waals surface area contributed by atoms with Crippen molar-refractivity contribution in [1.29, 1.82) is 0 Å². The Hall–Kier alpha value is -1.69. The van der Waals surface area contributed by atoms with Crippen molar-refractivity contribution < 1.29 is 4.74 Å². The Morgan fingerprint density at radius 3 is 2.42 bits per heavy atom. The van der Waals surface area contributed by atoms with E-state index in [-0.39, 0.29) is 12.1 Å². The number of hydrogen-bond donors (Lipinski definition) is 2. The van der Waals surface area contributed by atoms with Gasteiger partial charge in [0, 0.05) is 10.0 Å². The van der Waals surface area contributed by atoms with Crippen LogP contribution in [-0.4, -0.2) is 18.0 Å². The SMILES string of the molecule is CC[C@H](N=C(NN)c1ccc(Br)cc1)[C@H](C)OCc1ccccc1. The van der Waals surface area contributed by atoms with Gasteiger partial charge in [0.15, 0.2) is 0 Å². The molecule has 0 unspecified atom stereocenters. The number of amidine groups is 1. The van der Waals surface area contributed by atoms with Gasteiger partial charge in [-0.3, -0.25) is 4.99 Å². The zero-order valence-electron chi connectivity index (χ0n) is 14.1. The van der Waals surface area contributed by atoms with Gasteiger partial charge in [-0.15, -0.1) is 0 Å². The van der Waals surface area contributed by atoms with Gasteiger partial charge >= 0.3 is 0 Å². The van der Waals surface area contributed by atoms with Crippen LogP contribution in [0.3, 0.4) is 0 Å². The van der Waals surface area contributed by atoms with E-state index in [1.807, 2.05) is 42.5 Å². The van der Waals surface area contributed by atoms with E-state index in [0.29, 0.717) is 12.4 Å². The molecule has 4 nitrogen and oxygen atoms in total. The second-order valence-corrected chi connectivity index (χ2v) is 6.52. The normalized spacial score (nSPS) is 14.2. The number of ether oxygens (including phenoxy) is 1. The highest BCUT2D eigenvalue weighted by Gasteiger charge is 2.16. The van der Waals surface area contributed by atoms with E-state index in [1.54, 1.807) is 0 Å². The number of hydrogen-bond acceptors (Lipinski definition) is 3. The predicted molar refractivity (Wildman–Crippen MR) is 103 cm³/mol. The van der Waals surface area contributed by atoms with E-state index in [2.05, 4.69) is 47.3 Å². The van der Waals surface area contributed by atoms with Gasteiger partial charge in [-0.05, 0) is 31.0 Å². The van der Waals surface area contributed by atoms with Gasteiger partial charge in [0.1, 0.15) is 5.84 Å². The number of rotatable bonds is 7. The summed E-state index contributed by atoms with van der Waals surface area (Å²) in [5.41, 5.74) is 4.82. The average Bonchev–Trinajstić information content (AvgIpc) is 2.62. The first kappa shape index (κ1) is 18.6. The summed E-state index contributed by atoms with van der Waals surface area (Å²) >= 11 is 3.44. The minimum absolute atomic E-state index is 0.00555. The summed E-state index contributed by atoms with van der Waals surface area (Å²) in [6.07, 6.45) is 0.867. The second kappa shape index (κ2) is 9.57. The summed E-state index contributed by atoms with van der Waals surface area (Å²) in [5, 5.41) is 0. The van der Waals surface area contributed by atoms with Crippen LogP contribution in [0.5, 0.6) is 0 Å². The first-order valence-electron chi connectivity index (χ1n) is 8.10. The highest BCUT2D eigenvalue weighted by atomic mass is 79.9. The van der Waals surface area contributed by atoms with Crippen molar-refractivity contribution >= 4 is 21.8 Å². The van der Waals surface area contributed by atoms with Gasteiger partial charge in [-0.1, -0.05) is 65.3 Å². The minimum atomic E-state index is -0.00555. The van der Waals surface area contributed by atoms with Crippen molar-refractivity contribution in [3.05, 3.63) is 70.2 Å². The van der Waals surface area contributed by atoms with Crippen LogP contribution in [0, 0.1) is 0 Å². The monoisotopic (exact) mass is 389 g/mol. The lowest BCUT2D eigenvalue weighted by Gasteiger charge is -2.21. The van der Waals surface area contributed by atoms with E-state index < -0.39 is 0 Å². The quantitative estimate of drug-likeness (QED) is 0.325. The van der Waals surface area contributed by atoms with Crippen LogP contribution in [0.1, 0.15) is 31.4 Å². The molecule has 2 rings (SSSR count). The number of halogens is 1. The summed E-state index contributed by atoms with van der Waals surface area (Å²) in [5.74, 6) is 6.35. The Labute approximate surface area is 152 Å². The van der Waals surface area contributed by atoms with Gasteiger partial charge in [-0.25, -0.2) is 5.84 Å². The minimum Gasteiger partial charge on any atom is -0.372 e. The molecule has 0 radical (unpaired) electrons. The summed E-state index contributed by atoms with van der Waals surface area (Å²) in [4.78, 5) is 4.77. The van der Waals surface area contributed by atoms with Crippen molar-refractivity contribution in [2.45, 2.75) is 39.0 Å². The molecule has 0 amide bonds. The molecule has 3 N–H and O–H groups in total. The molecule has 0 aliphatic heterocycles. The molecule has 0 bridgehead atoms. The molecule has 0 spiro atoms. The van der Waals surface area contributed by atoms with Crippen LogP contribution in [0.2, 0.25) is 0 Å². The lowest BCUT2D eigenvalue weighted by Crippen LogP contribution is -2.34. The molecular formula is C19H24BrN3O. The molecule has 0 heterocycles. The molecule has 2 aromatic rings. The Morgan fingerprint density at radius 2 is 1.83 bits per heavy atom. The van der Waals surface area contributed by atoms with Crippen LogP contribution in [-0.2, 0) is 11.3 Å². The fourth-order valence-corrected chi connectivity index (χ4v) is 2.67. The van der Waals surface area contributed by atoms with E-state index in [4.69, 9.17) is 15.6 Å². The first-order chi connectivity index (χ1) is 11.6. The molecule has 128 valence electrons. The summed E-state index contributed by atoms with van der Waals surface area (Å²) in [7, 11) is 0. The van der Waals surface area contributed by atoms with Gasteiger partial charge < -0.3 is 10.2 Å². The fourth-order valence-electron chi connectivity index (χ4n) is 2.41. The molecular weight excluding hydrogens is 366 g/mol. The number of hydrazine groups is 1. The molecule has 0 aromatic heterocycles. The smallest absolute Gasteiger partial charge is 0.142 e. The zero-order valence-corrected chi connectivity index (χ0v) is 15.7. The van der Waals surface area contributed by atoms with Crippen LogP contribution in [0.25, 0.3) is 0 Å². The topological polar surface area (TPSA) is 59.6 Å². The van der Waals surface area contributed by atoms with Crippen molar-refractivity contribution in [3.8, 4) is 0 Å². The number of nitrogens with zero attached hydrogens (tertiary/aromatic N) is 1. The maximum atomic E-state index is 6.00. The number of nitrogens with two attached hydrogens (primary N) is 1. The summed E-state index contributed by atoms with van der Waals surface area (Å²) < 4.78 is 7.02. The van der Waals surface area contributed by atoms with Crippen molar-refractivity contribution in [3.63, 3.8) is 0 Å². The molecule has 24 heavy (non-hydrogen) atoms. The Bertz CT molecular complexity index is 643. The Kier molecular flexibility index (Phi) is 7.43. The lowest BCUT2D eigenvalue weighted by molar-refractivity contribution is 0.0358. The van der Waals surface area contributed by atoms with Crippen LogP contribution in [0.15, 0.2) is 64.1 Å². The van der Waals surface area contributed by atoms with Crippen molar-refractivity contribution in [2.24, 2.45) is 10.8 Å². The molecule has 5 heteroatoms. The van der Waals surface area contributed by atoms with E-state index in [9.17, 15) is 0 Å². The summed E-state index contributed by atoms with van der Waals surface area (Å²) in [6, 6.07) is 18.1. The standard InChI is InChI=1S/C19H24BrN3O/c1-3-18(14(2)24-13-15-7-5-4-6-8-15)22-19(23-21)16-9-11-17(20)12-10-16/h4-12,14,18H,3,13,21H2,1-2H3,(H,22,23)/t14-,18-/m0/s1. The predicted octanol–water partition coefficient (Wildman–Crippen LogP) is 4.04. The lowest BCUT2D eigenvalue weighted by atomic mass is 10.1. The largest absolute Gasteiger partial charge is 0.372 e. The highest BCUT2D eigenvalue weighted by molar-refractivity contribution is 9.10. The Morgan fingerprint density at radius 1 is 1.17 bits per heavy atom. The van der Waals surface area contributed by atoms with Gasteiger partial charge in [-0.2, -0.15) is 0 Å². The van der Waals surface area contributed by atoms with Gasteiger partial charge in [0.25, 0.3) is 0 Å². The van der Waals surface area contributed by atoms with Gasteiger partial charge in [0.05, 0.1) is 18.8 Å². The fraction of sp³-hybridized carbons (Fsp3) is 0.316. The van der Waals surface area contributed by atoms with Crippen molar-refractivity contribution in [1.82, 2.24) is 5.43 Å². The van der Waals surface area contributed by atoms with E-state index in [1.165, 1.54) is 0 Å². The molecule has 0 saturated heterocycles. The Balaban J connectivity index is 2.06. The first-order valence-corrected chi connectivity index (χ1v) is 8.89. The number of aliphatic imine (C=N–C) groups is 1. The summed E-state index contributed by atoms with van der Waals surface area (Å²) in [6.45, 7) is 4.74. The van der Waals surface area contributed by atoms with Crippen LogP contribution < -0.4 is 11.3 Å². The zero-order chi connectivity index (χ0) is 17.4. The third-order valence-electron chi connectivity index (χ3n) is 3.87. The van der Waals surface area contributed by atoms with E-state index >= 15 is 0 Å². The van der Waals surface area contributed by atoms with E-state index in [0.717, 1.165) is 22.0 Å². The molecule has 2 aromatic carbocycles. The second-order valence-electron chi connectivity index (χ2n) is 5.61. The third kappa shape index (κ3) is 5.44. The number of benzene rings is 2. The third-order valence-corrected chi connectivity index (χ3v) is 4.39. The maximum absolute atomic E-state index is 6.00.